The third-order valence-electron chi connectivity index (χ3n) is 5.41. The number of nitrogens with one attached hydrogen (secondary N) is 1. The molecule has 0 radical (unpaired) electrons. The van der Waals surface area contributed by atoms with Gasteiger partial charge in [0.2, 0.25) is 0 Å². The number of rotatable bonds is 5. The maximum Gasteiger partial charge on any atom is 0.296 e. The van der Waals surface area contributed by atoms with Crippen LogP contribution in [0, 0.1) is 0 Å². The second-order valence-electron chi connectivity index (χ2n) is 7.46. The molecule has 33 heavy (non-hydrogen) atoms. The quantitative estimate of drug-likeness (QED) is 0.223. The van der Waals surface area contributed by atoms with Gasteiger partial charge in [0.15, 0.2) is 5.78 Å². The molecule has 0 saturated heterocycles. The summed E-state index contributed by atoms with van der Waals surface area (Å²) in [5, 5.41) is 4.26. The molecule has 0 spiro atoms. The Balaban J connectivity index is 1.99. The van der Waals surface area contributed by atoms with Crippen LogP contribution in [-0.4, -0.2) is 28.8 Å². The van der Waals surface area contributed by atoms with Crippen molar-refractivity contribution >= 4 is 53.9 Å². The number of nitrogens with two attached hydrogens (primary N) is 1. The van der Waals surface area contributed by atoms with Crippen molar-refractivity contribution in [3.8, 4) is 0 Å². The number of carbonyl (C=O) groups is 1. The van der Waals surface area contributed by atoms with E-state index in [2.05, 4.69) is 24.3 Å². The average molecular weight is 481 g/mol. The van der Waals surface area contributed by atoms with Crippen molar-refractivity contribution in [1.82, 2.24) is 0 Å². The summed E-state index contributed by atoms with van der Waals surface area (Å²) in [5.74, 6) is 3.29. The summed E-state index contributed by atoms with van der Waals surface area (Å²) >= 11 is 0. The Morgan fingerprint density at radius 3 is 2.27 bits per heavy atom. The van der Waals surface area contributed by atoms with E-state index in [0.717, 1.165) is 6.07 Å². The minimum atomic E-state index is -4.72. The number of fused-ring (bicyclic) bond motifs is 2. The fourth-order valence-electron chi connectivity index (χ4n) is 3.79. The predicted octanol–water partition coefficient (Wildman–Crippen LogP) is 4.08. The molecule has 1 unspecified atom stereocenters. The lowest BCUT2D eigenvalue weighted by Gasteiger charge is -2.26. The molecule has 168 valence electrons. The lowest BCUT2D eigenvalue weighted by Crippen LogP contribution is -2.19. The van der Waals surface area contributed by atoms with Crippen molar-refractivity contribution < 1.29 is 22.0 Å². The van der Waals surface area contributed by atoms with Gasteiger partial charge in [-0.05, 0) is 46.7 Å². The molecule has 1 aliphatic carbocycles. The van der Waals surface area contributed by atoms with Crippen molar-refractivity contribution in [2.45, 2.75) is 9.79 Å². The highest BCUT2D eigenvalue weighted by Crippen LogP contribution is 2.44. The van der Waals surface area contributed by atoms with Gasteiger partial charge in [-0.2, -0.15) is 8.42 Å². The van der Waals surface area contributed by atoms with Crippen LogP contribution >= 0.6 is 0 Å². The molecule has 0 aromatic heterocycles. The van der Waals surface area contributed by atoms with Crippen LogP contribution in [0.25, 0.3) is 5.57 Å². The molecule has 0 amide bonds. The third-order valence-corrected chi connectivity index (χ3v) is 7.90. The molecule has 3 aromatic carbocycles. The number of hydrogen-bond acceptors (Lipinski definition) is 6. The molecular weight excluding hydrogens is 460 g/mol. The van der Waals surface area contributed by atoms with Gasteiger partial charge >= 0.3 is 0 Å². The molecule has 7 nitrogen and oxygen atoms in total. The Bertz CT molecular complexity index is 1590. The predicted molar refractivity (Wildman–Crippen MR) is 132 cm³/mol. The second-order valence-corrected chi connectivity index (χ2v) is 11.1. The number of carbonyl (C=O) groups excluding carboxylic acids is 1. The van der Waals surface area contributed by atoms with E-state index in [9.17, 15) is 22.0 Å². The fourth-order valence-corrected chi connectivity index (χ4v) is 5.26. The van der Waals surface area contributed by atoms with Crippen molar-refractivity contribution in [1.29, 1.82) is 0 Å². The van der Waals surface area contributed by atoms with Gasteiger partial charge in [-0.25, -0.2) is 0 Å². The average Bonchev–Trinajstić information content (AvgIpc) is 2.77. The van der Waals surface area contributed by atoms with Gasteiger partial charge in [-0.1, -0.05) is 43.5 Å². The number of nitrogen functional groups attached to an aromatic ring is 1. The zero-order valence-electron chi connectivity index (χ0n) is 17.4. The molecule has 0 aliphatic heterocycles. The standard InChI is InChI=1S/C24H20N2O5S2/c1-4-32(3,28)16-9-7-8-15(12-16)26-19-13-20(33(29,30)31)23(25)21-14(2)17-10-5-6-11-18(17)24(27)22(19)21/h4-13,26H,1-3,25H2,(H,29,30,31). The Kier molecular flexibility index (Phi) is 5.28. The van der Waals surface area contributed by atoms with E-state index in [0.29, 0.717) is 27.3 Å². The lowest BCUT2D eigenvalue weighted by atomic mass is 9.80. The number of hydrogen-bond donors (Lipinski definition) is 3. The Hall–Kier alpha value is -3.66. The van der Waals surface area contributed by atoms with Gasteiger partial charge in [0, 0.05) is 31.2 Å². The Labute approximate surface area is 192 Å². The van der Waals surface area contributed by atoms with E-state index < -0.39 is 24.5 Å². The summed E-state index contributed by atoms with van der Waals surface area (Å²) in [5.41, 5.74) is 7.87. The van der Waals surface area contributed by atoms with Crippen molar-refractivity contribution in [3.05, 3.63) is 95.4 Å². The summed E-state index contributed by atoms with van der Waals surface area (Å²) in [6.07, 6.45) is 0. The summed E-state index contributed by atoms with van der Waals surface area (Å²) in [7, 11) is -7.46. The van der Waals surface area contributed by atoms with Gasteiger partial charge in [-0.15, -0.1) is 0 Å². The van der Waals surface area contributed by atoms with Crippen LogP contribution in [0.1, 0.15) is 27.0 Å². The minimum Gasteiger partial charge on any atom is -0.397 e. The SMILES string of the molecule is C=CS(=C)(=O)c1cccc(Nc2cc(S(=O)(=O)O)c(N)c3c2C(=O)c2ccccc2C3=C)c1. The second kappa shape index (κ2) is 7.73. The molecular formula is C24H20N2O5S2. The fraction of sp³-hybridized carbons (Fsp3) is 0. The van der Waals surface area contributed by atoms with E-state index >= 15 is 0 Å². The van der Waals surface area contributed by atoms with Gasteiger partial charge in [0.25, 0.3) is 10.1 Å². The monoisotopic (exact) mass is 480 g/mol. The normalized spacial score (nSPS) is 14.7. The van der Waals surface area contributed by atoms with Crippen molar-refractivity contribution in [2.24, 2.45) is 0 Å². The van der Waals surface area contributed by atoms with E-state index in [1.54, 1.807) is 48.5 Å². The molecule has 4 N–H and O–H groups in total. The topological polar surface area (TPSA) is 127 Å². The smallest absolute Gasteiger partial charge is 0.296 e. The minimum absolute atomic E-state index is 0.0961. The first-order valence-corrected chi connectivity index (χ1v) is 12.8. The highest BCUT2D eigenvalue weighted by Gasteiger charge is 2.33. The number of ketones is 1. The van der Waals surface area contributed by atoms with Gasteiger partial charge in [0.05, 0.1) is 16.9 Å². The maximum absolute atomic E-state index is 13.4. The Morgan fingerprint density at radius 1 is 0.970 bits per heavy atom. The molecule has 0 heterocycles. The van der Waals surface area contributed by atoms with Crippen LogP contribution in [0.5, 0.6) is 0 Å². The van der Waals surface area contributed by atoms with Crippen LogP contribution in [0.3, 0.4) is 0 Å². The molecule has 4 rings (SSSR count). The molecule has 0 bridgehead atoms. The van der Waals surface area contributed by atoms with E-state index in [1.165, 1.54) is 5.41 Å². The van der Waals surface area contributed by atoms with Gasteiger partial charge in [-0.3, -0.25) is 13.6 Å². The summed E-state index contributed by atoms with van der Waals surface area (Å²) in [4.78, 5) is 13.3. The first-order valence-electron chi connectivity index (χ1n) is 9.60. The van der Waals surface area contributed by atoms with Crippen LogP contribution in [-0.2, 0) is 19.6 Å². The van der Waals surface area contributed by atoms with Crippen molar-refractivity contribution in [2.75, 3.05) is 11.1 Å². The number of benzene rings is 3. The highest BCUT2D eigenvalue weighted by molar-refractivity contribution is 8.03. The highest BCUT2D eigenvalue weighted by atomic mass is 32.2. The van der Waals surface area contributed by atoms with Gasteiger partial charge < -0.3 is 11.1 Å². The van der Waals surface area contributed by atoms with E-state index in [-0.39, 0.29) is 28.3 Å². The molecule has 9 heteroatoms. The molecule has 1 aliphatic rings. The van der Waals surface area contributed by atoms with E-state index in [1.807, 2.05) is 0 Å². The number of anilines is 3. The first kappa shape index (κ1) is 22.5. The summed E-state index contributed by atoms with van der Waals surface area (Å²) in [6.45, 7) is 7.57. The first-order chi connectivity index (χ1) is 15.5. The largest absolute Gasteiger partial charge is 0.397 e. The molecule has 0 fully saturated rings. The summed E-state index contributed by atoms with van der Waals surface area (Å²) < 4.78 is 46.5. The zero-order valence-corrected chi connectivity index (χ0v) is 19.0. The van der Waals surface area contributed by atoms with Crippen molar-refractivity contribution in [3.63, 3.8) is 0 Å². The zero-order chi connectivity index (χ0) is 24.1. The van der Waals surface area contributed by atoms with Crippen LogP contribution in [0.2, 0.25) is 0 Å². The van der Waals surface area contributed by atoms with Crippen LogP contribution in [0.15, 0.2) is 83.0 Å². The maximum atomic E-state index is 13.4. The van der Waals surface area contributed by atoms with Crippen LogP contribution in [0.4, 0.5) is 17.1 Å². The molecule has 1 atom stereocenters. The van der Waals surface area contributed by atoms with Crippen LogP contribution < -0.4 is 11.1 Å². The Morgan fingerprint density at radius 2 is 1.64 bits per heavy atom. The third kappa shape index (κ3) is 3.76. The lowest BCUT2D eigenvalue weighted by molar-refractivity contribution is 0.103. The molecule has 3 aromatic rings. The summed E-state index contributed by atoms with van der Waals surface area (Å²) in [6, 6.07) is 14.3. The molecule has 0 saturated carbocycles. The van der Waals surface area contributed by atoms with E-state index in [4.69, 9.17) is 5.73 Å². The van der Waals surface area contributed by atoms with Gasteiger partial charge in [0.1, 0.15) is 4.90 Å².